The van der Waals surface area contributed by atoms with Gasteiger partial charge in [-0.25, -0.2) is 14.8 Å². The zero-order valence-electron chi connectivity index (χ0n) is 11.0. The Morgan fingerprint density at radius 2 is 2.15 bits per heavy atom. The summed E-state index contributed by atoms with van der Waals surface area (Å²) in [6, 6.07) is 1.57. The van der Waals surface area contributed by atoms with E-state index in [-0.39, 0.29) is 18.0 Å². The molecule has 20 heavy (non-hydrogen) atoms. The number of carbonyl (C=O) groups is 2. The van der Waals surface area contributed by atoms with Gasteiger partial charge in [0.05, 0.1) is 12.2 Å². The lowest BCUT2D eigenvalue weighted by Gasteiger charge is -2.07. The van der Waals surface area contributed by atoms with Gasteiger partial charge in [0.25, 0.3) is 5.91 Å². The molecule has 0 saturated carbocycles. The largest absolute Gasteiger partial charge is 0.478 e. The standard InChI is InChI=1S/C12H13N5O3/c1-16(2)11(18)9-3-4-17(15-9)6-10-8(12(19)20)5-13-7-14-10/h3-5,7H,6H2,1-2H3,(H,19,20). The van der Waals surface area contributed by atoms with E-state index in [0.29, 0.717) is 11.4 Å². The molecule has 0 atom stereocenters. The molecular weight excluding hydrogens is 262 g/mol. The summed E-state index contributed by atoms with van der Waals surface area (Å²) in [6.07, 6.45) is 4.11. The van der Waals surface area contributed by atoms with Gasteiger partial charge in [0, 0.05) is 26.5 Å². The normalized spacial score (nSPS) is 10.3. The molecule has 0 aliphatic rings. The van der Waals surface area contributed by atoms with Crippen LogP contribution < -0.4 is 0 Å². The van der Waals surface area contributed by atoms with E-state index in [2.05, 4.69) is 15.1 Å². The van der Waals surface area contributed by atoms with Gasteiger partial charge >= 0.3 is 5.97 Å². The number of carboxylic acids is 1. The van der Waals surface area contributed by atoms with Crippen LogP contribution >= 0.6 is 0 Å². The first-order valence-corrected chi connectivity index (χ1v) is 5.76. The van der Waals surface area contributed by atoms with Gasteiger partial charge in [-0.1, -0.05) is 0 Å². The fraction of sp³-hybridized carbons (Fsp3) is 0.250. The van der Waals surface area contributed by atoms with E-state index in [0.717, 1.165) is 0 Å². The molecule has 0 bridgehead atoms. The second-order valence-corrected chi connectivity index (χ2v) is 4.29. The number of nitrogens with zero attached hydrogens (tertiary/aromatic N) is 5. The van der Waals surface area contributed by atoms with Crippen LogP contribution in [0.1, 0.15) is 26.5 Å². The van der Waals surface area contributed by atoms with Crippen molar-refractivity contribution in [2.75, 3.05) is 14.1 Å². The predicted octanol–water partition coefficient (Wildman–Crippen LogP) is 0.121. The smallest absolute Gasteiger partial charge is 0.339 e. The Balaban J connectivity index is 2.23. The van der Waals surface area contributed by atoms with Crippen LogP contribution in [0.3, 0.4) is 0 Å². The van der Waals surface area contributed by atoms with Crippen LogP contribution in [0, 0.1) is 0 Å². The van der Waals surface area contributed by atoms with Crippen molar-refractivity contribution in [3.63, 3.8) is 0 Å². The fourth-order valence-electron chi connectivity index (χ4n) is 1.61. The van der Waals surface area contributed by atoms with E-state index in [1.807, 2.05) is 0 Å². The zero-order chi connectivity index (χ0) is 14.7. The van der Waals surface area contributed by atoms with Gasteiger partial charge in [0.15, 0.2) is 0 Å². The average Bonchev–Trinajstić information content (AvgIpc) is 2.86. The summed E-state index contributed by atoms with van der Waals surface area (Å²) in [4.78, 5) is 31.8. The third-order valence-electron chi connectivity index (χ3n) is 2.60. The Labute approximate surface area is 114 Å². The molecule has 0 unspecified atom stereocenters. The van der Waals surface area contributed by atoms with Crippen molar-refractivity contribution in [2.24, 2.45) is 0 Å². The molecule has 0 radical (unpaired) electrons. The van der Waals surface area contributed by atoms with E-state index in [1.54, 1.807) is 26.4 Å². The molecule has 8 nitrogen and oxygen atoms in total. The first-order valence-electron chi connectivity index (χ1n) is 5.76. The molecule has 2 aromatic rings. The molecule has 2 aromatic heterocycles. The van der Waals surface area contributed by atoms with Gasteiger partial charge in [-0.2, -0.15) is 5.10 Å². The summed E-state index contributed by atoms with van der Waals surface area (Å²) >= 11 is 0. The van der Waals surface area contributed by atoms with Gasteiger partial charge in [0.2, 0.25) is 0 Å². The topological polar surface area (TPSA) is 101 Å². The number of amides is 1. The number of carboxylic acid groups (broad SMARTS) is 1. The molecule has 0 aliphatic heterocycles. The van der Waals surface area contributed by atoms with Gasteiger partial charge in [-0.05, 0) is 6.07 Å². The Bertz CT molecular complexity index is 650. The van der Waals surface area contributed by atoms with E-state index in [4.69, 9.17) is 5.11 Å². The van der Waals surface area contributed by atoms with E-state index in [9.17, 15) is 9.59 Å². The first-order chi connectivity index (χ1) is 9.49. The lowest BCUT2D eigenvalue weighted by molar-refractivity contribution is 0.0693. The molecule has 2 rings (SSSR count). The van der Waals surface area contributed by atoms with Crippen LogP contribution in [0.2, 0.25) is 0 Å². The molecule has 0 aromatic carbocycles. The minimum Gasteiger partial charge on any atom is -0.478 e. The van der Waals surface area contributed by atoms with E-state index >= 15 is 0 Å². The van der Waals surface area contributed by atoms with Crippen molar-refractivity contribution in [1.82, 2.24) is 24.6 Å². The summed E-state index contributed by atoms with van der Waals surface area (Å²) in [5.74, 6) is -1.32. The Hall–Kier alpha value is -2.77. The lowest BCUT2D eigenvalue weighted by Crippen LogP contribution is -2.22. The first kappa shape index (κ1) is 13.7. The number of hydrogen-bond donors (Lipinski definition) is 1. The van der Waals surface area contributed by atoms with Gasteiger partial charge in [-0.3, -0.25) is 9.48 Å². The minimum atomic E-state index is -1.10. The molecule has 0 spiro atoms. The number of rotatable bonds is 4. The third-order valence-corrected chi connectivity index (χ3v) is 2.60. The quantitative estimate of drug-likeness (QED) is 0.850. The van der Waals surface area contributed by atoms with Crippen molar-refractivity contribution in [3.8, 4) is 0 Å². The zero-order valence-corrected chi connectivity index (χ0v) is 11.0. The summed E-state index contributed by atoms with van der Waals surface area (Å²) < 4.78 is 1.46. The van der Waals surface area contributed by atoms with E-state index in [1.165, 1.54) is 22.1 Å². The number of hydrogen-bond acceptors (Lipinski definition) is 5. The Kier molecular flexibility index (Phi) is 3.74. The molecule has 0 fully saturated rings. The molecule has 8 heteroatoms. The van der Waals surface area contributed by atoms with Crippen molar-refractivity contribution < 1.29 is 14.7 Å². The van der Waals surface area contributed by atoms with Gasteiger partial charge < -0.3 is 10.0 Å². The number of aromatic nitrogens is 4. The van der Waals surface area contributed by atoms with Crippen LogP contribution in [0.25, 0.3) is 0 Å². The number of aromatic carboxylic acids is 1. The van der Waals surface area contributed by atoms with Crippen LogP contribution in [0.5, 0.6) is 0 Å². The second-order valence-electron chi connectivity index (χ2n) is 4.29. The van der Waals surface area contributed by atoms with Crippen LogP contribution in [-0.2, 0) is 6.54 Å². The van der Waals surface area contributed by atoms with Crippen molar-refractivity contribution in [2.45, 2.75) is 6.54 Å². The highest BCUT2D eigenvalue weighted by Crippen LogP contribution is 2.07. The maximum Gasteiger partial charge on any atom is 0.339 e. The van der Waals surface area contributed by atoms with Crippen molar-refractivity contribution >= 4 is 11.9 Å². The molecule has 104 valence electrons. The van der Waals surface area contributed by atoms with Crippen LogP contribution in [-0.4, -0.2) is 55.7 Å². The average molecular weight is 275 g/mol. The highest BCUT2D eigenvalue weighted by atomic mass is 16.4. The molecule has 1 N–H and O–H groups in total. The summed E-state index contributed by atoms with van der Waals surface area (Å²) in [7, 11) is 3.27. The molecular formula is C12H13N5O3. The van der Waals surface area contributed by atoms with Gasteiger partial charge in [-0.15, -0.1) is 0 Å². The third kappa shape index (κ3) is 2.79. The van der Waals surface area contributed by atoms with Crippen LogP contribution in [0.4, 0.5) is 0 Å². The summed E-state index contributed by atoms with van der Waals surface area (Å²) in [5, 5.41) is 13.1. The minimum absolute atomic E-state index is 0.0171. The summed E-state index contributed by atoms with van der Waals surface area (Å²) in [5.41, 5.74) is 0.642. The lowest BCUT2D eigenvalue weighted by atomic mass is 10.2. The molecule has 1 amide bonds. The maximum atomic E-state index is 11.7. The monoisotopic (exact) mass is 275 g/mol. The maximum absolute atomic E-state index is 11.7. The van der Waals surface area contributed by atoms with Crippen molar-refractivity contribution in [1.29, 1.82) is 0 Å². The predicted molar refractivity (Wildman–Crippen MR) is 68.3 cm³/mol. The van der Waals surface area contributed by atoms with Gasteiger partial charge in [0.1, 0.15) is 17.6 Å². The fourth-order valence-corrected chi connectivity index (χ4v) is 1.61. The molecule has 0 saturated heterocycles. The highest BCUT2D eigenvalue weighted by Gasteiger charge is 2.14. The molecule has 0 aliphatic carbocycles. The summed E-state index contributed by atoms with van der Waals surface area (Å²) in [6.45, 7) is 0.158. The van der Waals surface area contributed by atoms with E-state index < -0.39 is 5.97 Å². The second kappa shape index (κ2) is 5.47. The SMILES string of the molecule is CN(C)C(=O)c1ccn(Cc2ncncc2C(=O)O)n1. The van der Waals surface area contributed by atoms with Crippen LogP contribution in [0.15, 0.2) is 24.8 Å². The van der Waals surface area contributed by atoms with Crippen molar-refractivity contribution in [3.05, 3.63) is 41.7 Å². The Morgan fingerprint density at radius 3 is 2.80 bits per heavy atom. The molecule has 2 heterocycles. The highest BCUT2D eigenvalue weighted by molar-refractivity contribution is 5.91. The number of carbonyl (C=O) groups excluding carboxylic acids is 1. The Morgan fingerprint density at radius 1 is 1.40 bits per heavy atom.